The van der Waals surface area contributed by atoms with Crippen molar-refractivity contribution in [1.29, 1.82) is 0 Å². The summed E-state index contributed by atoms with van der Waals surface area (Å²) in [5.41, 5.74) is 0.275. The van der Waals surface area contributed by atoms with Crippen LogP contribution in [0.3, 0.4) is 0 Å². The van der Waals surface area contributed by atoms with E-state index in [0.29, 0.717) is 12.4 Å². The van der Waals surface area contributed by atoms with E-state index in [1.807, 2.05) is 0 Å². The molecule has 3 nitrogen and oxygen atoms in total. The summed E-state index contributed by atoms with van der Waals surface area (Å²) in [5, 5.41) is 8.78. The molecule has 0 fully saturated rings. The maximum atomic E-state index is 12.7. The van der Waals surface area contributed by atoms with Crippen LogP contribution >= 0.6 is 11.8 Å². The highest BCUT2D eigenvalue weighted by molar-refractivity contribution is 7.99. The molecule has 0 aromatic heterocycles. The number of carboxylic acid groups (broad SMARTS) is 1. The van der Waals surface area contributed by atoms with Gasteiger partial charge in [-0.25, -0.2) is 9.18 Å². The summed E-state index contributed by atoms with van der Waals surface area (Å²) in [6.45, 7) is 0.497. The van der Waals surface area contributed by atoms with Crippen molar-refractivity contribution in [3.8, 4) is 5.75 Å². The van der Waals surface area contributed by atoms with Crippen molar-refractivity contribution < 1.29 is 19.0 Å². The zero-order valence-electron chi connectivity index (χ0n) is 10.6. The topological polar surface area (TPSA) is 46.5 Å². The maximum Gasteiger partial charge on any atom is 0.335 e. The lowest BCUT2D eigenvalue weighted by molar-refractivity contribution is 0.0697. The fourth-order valence-corrected chi connectivity index (χ4v) is 2.27. The van der Waals surface area contributed by atoms with Crippen LogP contribution in [0.2, 0.25) is 0 Å². The normalized spacial score (nSPS) is 10.2. The van der Waals surface area contributed by atoms with Gasteiger partial charge in [0.1, 0.15) is 11.6 Å². The van der Waals surface area contributed by atoms with Gasteiger partial charge in [-0.2, -0.15) is 0 Å². The molecular weight excluding hydrogens is 279 g/mol. The Kier molecular flexibility index (Phi) is 5.01. The number of carboxylic acids is 1. The molecule has 104 valence electrons. The second-order valence-electron chi connectivity index (χ2n) is 3.98. The summed E-state index contributed by atoms with van der Waals surface area (Å²) in [6.07, 6.45) is 0. The molecule has 2 aromatic rings. The monoisotopic (exact) mass is 292 g/mol. The molecule has 0 spiro atoms. The molecule has 0 saturated heterocycles. The van der Waals surface area contributed by atoms with Gasteiger partial charge in [-0.1, -0.05) is 0 Å². The number of ether oxygens (including phenoxy) is 1. The Bertz CT molecular complexity index is 567. The van der Waals surface area contributed by atoms with Gasteiger partial charge in [-0.15, -0.1) is 11.8 Å². The lowest BCUT2D eigenvalue weighted by atomic mass is 10.2. The third-order valence-electron chi connectivity index (χ3n) is 2.54. The first-order valence-corrected chi connectivity index (χ1v) is 6.98. The van der Waals surface area contributed by atoms with E-state index in [2.05, 4.69) is 0 Å². The van der Waals surface area contributed by atoms with Gasteiger partial charge in [0, 0.05) is 10.6 Å². The van der Waals surface area contributed by atoms with Crippen molar-refractivity contribution in [1.82, 2.24) is 0 Å². The van der Waals surface area contributed by atoms with Gasteiger partial charge in [0.25, 0.3) is 0 Å². The zero-order chi connectivity index (χ0) is 14.4. The minimum atomic E-state index is -0.929. The smallest absolute Gasteiger partial charge is 0.335 e. The van der Waals surface area contributed by atoms with Crippen LogP contribution in [0.1, 0.15) is 10.4 Å². The second-order valence-corrected chi connectivity index (χ2v) is 5.15. The minimum Gasteiger partial charge on any atom is -0.493 e. The Morgan fingerprint density at radius 3 is 2.35 bits per heavy atom. The number of rotatable bonds is 6. The van der Waals surface area contributed by atoms with Gasteiger partial charge in [0.05, 0.1) is 12.2 Å². The van der Waals surface area contributed by atoms with E-state index in [1.165, 1.54) is 12.1 Å². The summed E-state index contributed by atoms with van der Waals surface area (Å²) >= 11 is 1.57. The van der Waals surface area contributed by atoms with Crippen LogP contribution in [-0.2, 0) is 0 Å². The highest BCUT2D eigenvalue weighted by Crippen LogP contribution is 2.19. The molecule has 1 N–H and O–H groups in total. The Balaban J connectivity index is 1.75. The molecule has 0 aliphatic heterocycles. The lowest BCUT2D eigenvalue weighted by Crippen LogP contribution is -2.00. The zero-order valence-corrected chi connectivity index (χ0v) is 11.4. The molecule has 2 aromatic carbocycles. The number of halogens is 1. The predicted molar refractivity (Wildman–Crippen MR) is 76.0 cm³/mol. The van der Waals surface area contributed by atoms with Gasteiger partial charge in [0.15, 0.2) is 0 Å². The molecule has 0 atom stereocenters. The van der Waals surface area contributed by atoms with Crippen molar-refractivity contribution in [2.24, 2.45) is 0 Å². The number of hydrogen-bond donors (Lipinski definition) is 1. The molecule has 0 bridgehead atoms. The Morgan fingerprint density at radius 1 is 1.10 bits per heavy atom. The van der Waals surface area contributed by atoms with Gasteiger partial charge in [-0.05, 0) is 48.5 Å². The molecule has 20 heavy (non-hydrogen) atoms. The summed E-state index contributed by atoms with van der Waals surface area (Å²) in [4.78, 5) is 11.7. The summed E-state index contributed by atoms with van der Waals surface area (Å²) in [5.74, 6) is 0.142. The Morgan fingerprint density at radius 2 is 1.75 bits per heavy atom. The van der Waals surface area contributed by atoms with E-state index in [0.717, 1.165) is 10.6 Å². The predicted octanol–water partition coefficient (Wildman–Crippen LogP) is 3.70. The molecule has 0 unspecified atom stereocenters. The van der Waals surface area contributed by atoms with Crippen molar-refractivity contribution in [2.45, 2.75) is 4.90 Å². The SMILES string of the molecule is O=C(O)c1ccc(SCCOc2ccc(F)cc2)cc1. The van der Waals surface area contributed by atoms with Crippen LogP contribution in [0.5, 0.6) is 5.75 Å². The van der Waals surface area contributed by atoms with Crippen LogP contribution in [0, 0.1) is 5.82 Å². The average Bonchev–Trinajstić information content (AvgIpc) is 2.46. The summed E-state index contributed by atoms with van der Waals surface area (Å²) < 4.78 is 18.1. The van der Waals surface area contributed by atoms with E-state index < -0.39 is 5.97 Å². The first-order chi connectivity index (χ1) is 9.65. The summed E-state index contributed by atoms with van der Waals surface area (Å²) in [6, 6.07) is 12.6. The fourth-order valence-electron chi connectivity index (χ4n) is 1.54. The van der Waals surface area contributed by atoms with E-state index in [4.69, 9.17) is 9.84 Å². The van der Waals surface area contributed by atoms with Crippen molar-refractivity contribution in [2.75, 3.05) is 12.4 Å². The molecule has 0 saturated carbocycles. The van der Waals surface area contributed by atoms with Crippen LogP contribution in [-0.4, -0.2) is 23.4 Å². The third kappa shape index (κ3) is 4.28. The molecule has 0 radical (unpaired) electrons. The molecule has 0 aliphatic rings. The second kappa shape index (κ2) is 6.96. The number of aromatic carboxylic acids is 1. The van der Waals surface area contributed by atoms with Crippen LogP contribution in [0.4, 0.5) is 4.39 Å². The maximum absolute atomic E-state index is 12.7. The van der Waals surface area contributed by atoms with Gasteiger partial charge < -0.3 is 9.84 Å². The van der Waals surface area contributed by atoms with Crippen LogP contribution in [0.15, 0.2) is 53.4 Å². The molecule has 0 heterocycles. The number of benzene rings is 2. The van der Waals surface area contributed by atoms with Crippen molar-refractivity contribution in [3.05, 3.63) is 59.9 Å². The number of carbonyl (C=O) groups is 1. The van der Waals surface area contributed by atoms with Crippen LogP contribution in [0.25, 0.3) is 0 Å². The first kappa shape index (κ1) is 14.4. The summed E-state index contributed by atoms with van der Waals surface area (Å²) in [7, 11) is 0. The lowest BCUT2D eigenvalue weighted by Gasteiger charge is -2.06. The van der Waals surface area contributed by atoms with E-state index >= 15 is 0 Å². The highest BCUT2D eigenvalue weighted by Gasteiger charge is 2.02. The molecule has 5 heteroatoms. The molecule has 2 rings (SSSR count). The first-order valence-electron chi connectivity index (χ1n) is 6.00. The number of thioether (sulfide) groups is 1. The van der Waals surface area contributed by atoms with Crippen molar-refractivity contribution in [3.63, 3.8) is 0 Å². The fraction of sp³-hybridized carbons (Fsp3) is 0.133. The van der Waals surface area contributed by atoms with E-state index in [9.17, 15) is 9.18 Å². The molecule has 0 aliphatic carbocycles. The number of hydrogen-bond acceptors (Lipinski definition) is 3. The van der Waals surface area contributed by atoms with Gasteiger partial charge in [0.2, 0.25) is 0 Å². The van der Waals surface area contributed by atoms with Crippen molar-refractivity contribution >= 4 is 17.7 Å². The van der Waals surface area contributed by atoms with Gasteiger partial charge in [-0.3, -0.25) is 0 Å². The largest absolute Gasteiger partial charge is 0.493 e. The van der Waals surface area contributed by atoms with Crippen LogP contribution < -0.4 is 4.74 Å². The highest BCUT2D eigenvalue weighted by atomic mass is 32.2. The Labute approximate surface area is 120 Å². The average molecular weight is 292 g/mol. The van der Waals surface area contributed by atoms with Gasteiger partial charge >= 0.3 is 5.97 Å². The Hall–Kier alpha value is -2.01. The molecule has 0 amide bonds. The molecular formula is C15H13FO3S. The van der Waals surface area contributed by atoms with E-state index in [1.54, 1.807) is 48.2 Å². The third-order valence-corrected chi connectivity index (χ3v) is 3.51. The standard InChI is InChI=1S/C15H13FO3S/c16-12-3-5-13(6-4-12)19-9-10-20-14-7-1-11(2-8-14)15(17)18/h1-8H,9-10H2,(H,17,18). The minimum absolute atomic E-state index is 0.275. The quantitative estimate of drug-likeness (QED) is 0.651. The van der Waals surface area contributed by atoms with E-state index in [-0.39, 0.29) is 11.4 Å².